The average molecular weight is 436 g/mol. The minimum absolute atomic E-state index is 0.0445. The molecular formula is C25H29N3O2S. The monoisotopic (exact) mass is 435 g/mol. The lowest BCUT2D eigenvalue weighted by atomic mass is 9.90. The number of amides is 1. The van der Waals surface area contributed by atoms with Crippen LogP contribution in [0.5, 0.6) is 0 Å². The number of benzene rings is 2. The first-order valence-corrected chi connectivity index (χ1v) is 11.9. The molecule has 3 aromatic rings. The summed E-state index contributed by atoms with van der Waals surface area (Å²) in [6, 6.07) is 18.0. The summed E-state index contributed by atoms with van der Waals surface area (Å²) in [6.45, 7) is 5.99. The van der Waals surface area contributed by atoms with Crippen molar-refractivity contribution in [3.63, 3.8) is 0 Å². The molecule has 4 rings (SSSR count). The van der Waals surface area contributed by atoms with Crippen LogP contribution in [-0.2, 0) is 17.8 Å². The minimum atomic E-state index is -0.281. The number of thioether (sulfide) groups is 1. The van der Waals surface area contributed by atoms with Crippen LogP contribution in [-0.4, -0.2) is 38.7 Å². The Morgan fingerprint density at radius 1 is 1.10 bits per heavy atom. The number of fused-ring (bicyclic) bond motifs is 1. The Kier molecular flexibility index (Phi) is 6.76. The Labute approximate surface area is 187 Å². The molecule has 5 nitrogen and oxygen atoms in total. The molecule has 0 N–H and O–H groups in total. The summed E-state index contributed by atoms with van der Waals surface area (Å²) < 4.78 is 1.67. The van der Waals surface area contributed by atoms with E-state index < -0.39 is 0 Å². The van der Waals surface area contributed by atoms with Crippen LogP contribution in [0.1, 0.15) is 32.3 Å². The highest BCUT2D eigenvalue weighted by Gasteiger charge is 2.27. The number of carbonyl (C=O) groups excluding carboxylic acids is 1. The van der Waals surface area contributed by atoms with Crippen LogP contribution < -0.4 is 5.56 Å². The molecule has 0 saturated carbocycles. The van der Waals surface area contributed by atoms with Gasteiger partial charge in [-0.15, -0.1) is 0 Å². The van der Waals surface area contributed by atoms with Gasteiger partial charge in [-0.1, -0.05) is 54.2 Å². The second kappa shape index (κ2) is 9.69. The van der Waals surface area contributed by atoms with Crippen molar-refractivity contribution in [1.29, 1.82) is 0 Å². The quantitative estimate of drug-likeness (QED) is 0.426. The molecular weight excluding hydrogens is 406 g/mol. The van der Waals surface area contributed by atoms with Gasteiger partial charge in [0.15, 0.2) is 5.16 Å². The molecule has 1 aromatic heterocycles. The number of piperidine rings is 1. The number of nitrogens with zero attached hydrogens (tertiary/aromatic N) is 3. The normalized spacial score (nSPS) is 15.9. The van der Waals surface area contributed by atoms with Gasteiger partial charge in [0.25, 0.3) is 5.56 Å². The lowest BCUT2D eigenvalue weighted by molar-refractivity contribution is -0.131. The van der Waals surface area contributed by atoms with Gasteiger partial charge in [-0.3, -0.25) is 14.2 Å². The van der Waals surface area contributed by atoms with Gasteiger partial charge in [0.2, 0.25) is 5.91 Å². The topological polar surface area (TPSA) is 55.2 Å². The minimum Gasteiger partial charge on any atom is -0.342 e. The second-order valence-corrected chi connectivity index (χ2v) is 9.49. The van der Waals surface area contributed by atoms with Gasteiger partial charge in [0.05, 0.1) is 16.2 Å². The van der Waals surface area contributed by atoms with Crippen LogP contribution >= 0.6 is 11.8 Å². The molecule has 6 heteroatoms. The van der Waals surface area contributed by atoms with E-state index in [0.717, 1.165) is 32.4 Å². The summed E-state index contributed by atoms with van der Waals surface area (Å²) >= 11 is 1.39. The SMILES string of the molecule is CCn1c(SC(C)C(=O)N2CCC(Cc3ccccc3)CC2)nc2ccccc2c1=O. The highest BCUT2D eigenvalue weighted by atomic mass is 32.2. The summed E-state index contributed by atoms with van der Waals surface area (Å²) in [5.41, 5.74) is 2.01. The van der Waals surface area contributed by atoms with Crippen LogP contribution in [0.4, 0.5) is 0 Å². The molecule has 1 saturated heterocycles. The zero-order valence-electron chi connectivity index (χ0n) is 18.2. The zero-order chi connectivity index (χ0) is 21.8. The molecule has 162 valence electrons. The Morgan fingerprint density at radius 3 is 2.48 bits per heavy atom. The summed E-state index contributed by atoms with van der Waals surface area (Å²) in [5.74, 6) is 0.759. The van der Waals surface area contributed by atoms with Crippen molar-refractivity contribution in [2.75, 3.05) is 13.1 Å². The van der Waals surface area contributed by atoms with E-state index in [1.807, 2.05) is 43.0 Å². The molecule has 31 heavy (non-hydrogen) atoms. The van der Waals surface area contributed by atoms with Crippen LogP contribution in [0.3, 0.4) is 0 Å². The Balaban J connectivity index is 1.41. The fourth-order valence-electron chi connectivity index (χ4n) is 4.29. The number of carbonyl (C=O) groups is 1. The molecule has 1 amide bonds. The van der Waals surface area contributed by atoms with E-state index in [4.69, 9.17) is 0 Å². The van der Waals surface area contributed by atoms with E-state index in [2.05, 4.69) is 29.2 Å². The molecule has 0 radical (unpaired) electrons. The van der Waals surface area contributed by atoms with Crippen molar-refractivity contribution in [3.8, 4) is 0 Å². The molecule has 0 bridgehead atoms. The maximum absolute atomic E-state index is 13.1. The van der Waals surface area contributed by atoms with Crippen molar-refractivity contribution in [1.82, 2.24) is 14.5 Å². The summed E-state index contributed by atoms with van der Waals surface area (Å²) in [5, 5.41) is 0.954. The highest BCUT2D eigenvalue weighted by molar-refractivity contribution is 8.00. The molecule has 2 heterocycles. The van der Waals surface area contributed by atoms with E-state index in [1.165, 1.54) is 17.3 Å². The summed E-state index contributed by atoms with van der Waals surface area (Å²) in [7, 11) is 0. The molecule has 1 aliphatic rings. The first kappa shape index (κ1) is 21.6. The molecule has 1 fully saturated rings. The number of likely N-dealkylation sites (tertiary alicyclic amines) is 1. The Hall–Kier alpha value is -2.60. The Morgan fingerprint density at radius 2 is 1.77 bits per heavy atom. The van der Waals surface area contributed by atoms with E-state index in [0.29, 0.717) is 28.5 Å². The van der Waals surface area contributed by atoms with Gasteiger partial charge in [0, 0.05) is 19.6 Å². The molecule has 2 aromatic carbocycles. The third-order valence-corrected chi connectivity index (χ3v) is 7.14. The van der Waals surface area contributed by atoms with E-state index in [-0.39, 0.29) is 16.7 Å². The molecule has 0 aliphatic carbocycles. The van der Waals surface area contributed by atoms with Crippen LogP contribution in [0.25, 0.3) is 10.9 Å². The Bertz CT molecular complexity index is 1100. The van der Waals surface area contributed by atoms with E-state index in [9.17, 15) is 9.59 Å². The second-order valence-electron chi connectivity index (χ2n) is 8.18. The number of aromatic nitrogens is 2. The molecule has 1 unspecified atom stereocenters. The predicted molar refractivity (Wildman–Crippen MR) is 126 cm³/mol. The van der Waals surface area contributed by atoms with Gasteiger partial charge in [-0.05, 0) is 56.7 Å². The van der Waals surface area contributed by atoms with E-state index in [1.54, 1.807) is 10.6 Å². The highest BCUT2D eigenvalue weighted by Crippen LogP contribution is 2.27. The van der Waals surface area contributed by atoms with Crippen LogP contribution in [0, 0.1) is 5.92 Å². The number of hydrogen-bond donors (Lipinski definition) is 0. The van der Waals surface area contributed by atoms with Gasteiger partial charge in [0.1, 0.15) is 0 Å². The fraction of sp³-hybridized carbons (Fsp3) is 0.400. The number of para-hydroxylation sites is 1. The number of rotatable bonds is 6. The first-order chi connectivity index (χ1) is 15.1. The van der Waals surface area contributed by atoms with Crippen molar-refractivity contribution in [2.45, 2.75) is 50.1 Å². The van der Waals surface area contributed by atoms with Crippen molar-refractivity contribution in [3.05, 3.63) is 70.5 Å². The van der Waals surface area contributed by atoms with Gasteiger partial charge < -0.3 is 4.90 Å². The van der Waals surface area contributed by atoms with Crippen LogP contribution in [0.2, 0.25) is 0 Å². The van der Waals surface area contributed by atoms with Crippen molar-refractivity contribution < 1.29 is 4.79 Å². The molecule has 1 atom stereocenters. The van der Waals surface area contributed by atoms with Crippen LogP contribution in [0.15, 0.2) is 64.5 Å². The van der Waals surface area contributed by atoms with Crippen molar-refractivity contribution in [2.24, 2.45) is 5.92 Å². The summed E-state index contributed by atoms with van der Waals surface area (Å²) in [6.07, 6.45) is 3.15. The number of hydrogen-bond acceptors (Lipinski definition) is 4. The van der Waals surface area contributed by atoms with Gasteiger partial charge in [-0.2, -0.15) is 0 Å². The standard InChI is InChI=1S/C25H29N3O2S/c1-3-28-24(30)21-11-7-8-12-22(21)26-25(28)31-18(2)23(29)27-15-13-20(14-16-27)17-19-9-5-4-6-10-19/h4-12,18,20H,3,13-17H2,1-2H3. The maximum atomic E-state index is 13.1. The fourth-order valence-corrected chi connectivity index (χ4v) is 5.34. The van der Waals surface area contributed by atoms with Gasteiger partial charge >= 0.3 is 0 Å². The summed E-state index contributed by atoms with van der Waals surface area (Å²) in [4.78, 5) is 32.6. The van der Waals surface area contributed by atoms with Crippen molar-refractivity contribution >= 4 is 28.6 Å². The largest absolute Gasteiger partial charge is 0.342 e. The van der Waals surface area contributed by atoms with Gasteiger partial charge in [-0.25, -0.2) is 4.98 Å². The zero-order valence-corrected chi connectivity index (χ0v) is 19.0. The third-order valence-electron chi connectivity index (χ3n) is 6.07. The lowest BCUT2D eigenvalue weighted by Crippen LogP contribution is -2.42. The van der Waals surface area contributed by atoms with E-state index >= 15 is 0 Å². The lowest BCUT2D eigenvalue weighted by Gasteiger charge is -2.33. The maximum Gasteiger partial charge on any atom is 0.262 e. The molecule has 1 aliphatic heterocycles. The third kappa shape index (κ3) is 4.85. The predicted octanol–water partition coefficient (Wildman–Crippen LogP) is 4.38. The average Bonchev–Trinajstić information content (AvgIpc) is 2.80. The molecule has 0 spiro atoms. The smallest absolute Gasteiger partial charge is 0.262 e. The first-order valence-electron chi connectivity index (χ1n) is 11.1.